The molecule has 0 N–H and O–H groups in total. The lowest BCUT2D eigenvalue weighted by molar-refractivity contribution is 0.334. The quantitative estimate of drug-likeness (QED) is 0.490. The molecule has 62 valence electrons. The van der Waals surface area contributed by atoms with Crippen molar-refractivity contribution in [1.82, 2.24) is 0 Å². The molecule has 12 heavy (non-hydrogen) atoms. The molecule has 0 aromatic heterocycles. The Bertz CT molecular complexity index is 288. The third-order valence-corrected chi connectivity index (χ3v) is 1.55. The summed E-state index contributed by atoms with van der Waals surface area (Å²) in [5.74, 6) is 0.876. The van der Waals surface area contributed by atoms with Gasteiger partial charge in [-0.3, -0.25) is 0 Å². The van der Waals surface area contributed by atoms with Gasteiger partial charge in [0.1, 0.15) is 5.75 Å². The van der Waals surface area contributed by atoms with Crippen LogP contribution in [-0.4, -0.2) is 13.2 Å². The van der Waals surface area contributed by atoms with Gasteiger partial charge in [-0.15, -0.1) is 0 Å². The van der Waals surface area contributed by atoms with Gasteiger partial charge in [0.15, 0.2) is 6.61 Å². The molecule has 0 aliphatic carbocycles. The first kappa shape index (κ1) is 8.61. The monoisotopic (exact) mass is 161 g/mol. The molecule has 0 spiro atoms. The van der Waals surface area contributed by atoms with Crippen LogP contribution in [0.25, 0.3) is 4.85 Å². The maximum atomic E-state index is 6.57. The first-order valence-corrected chi connectivity index (χ1v) is 3.86. The average Bonchev–Trinajstić information content (AvgIpc) is 2.09. The molecule has 0 amide bonds. The zero-order chi connectivity index (χ0) is 8.81. The lowest BCUT2D eigenvalue weighted by atomic mass is 10.2. The summed E-state index contributed by atoms with van der Waals surface area (Å²) in [6.45, 7) is 9.47. The number of hydrogen-bond donors (Lipinski definition) is 0. The molecule has 0 aliphatic heterocycles. The molecule has 0 saturated heterocycles. The third kappa shape index (κ3) is 2.28. The summed E-state index contributed by atoms with van der Waals surface area (Å²) in [5.41, 5.74) is 1.11. The van der Waals surface area contributed by atoms with Gasteiger partial charge in [0.05, 0.1) is 0 Å². The van der Waals surface area contributed by atoms with Crippen molar-refractivity contribution in [1.29, 1.82) is 0 Å². The van der Waals surface area contributed by atoms with E-state index in [1.54, 1.807) is 0 Å². The highest BCUT2D eigenvalue weighted by atomic mass is 16.5. The van der Waals surface area contributed by atoms with Crippen molar-refractivity contribution in [3.63, 3.8) is 0 Å². The fraction of sp³-hybridized carbons (Fsp3) is 0.300. The number of nitrogens with zero attached hydrogens (tertiary/aromatic N) is 1. The molecule has 1 rings (SSSR count). The van der Waals surface area contributed by atoms with E-state index in [0.29, 0.717) is 13.2 Å². The van der Waals surface area contributed by atoms with Crippen molar-refractivity contribution in [3.05, 3.63) is 41.2 Å². The maximum absolute atomic E-state index is 6.57. The molecule has 0 fully saturated rings. The summed E-state index contributed by atoms with van der Waals surface area (Å²) in [7, 11) is 0. The van der Waals surface area contributed by atoms with E-state index < -0.39 is 0 Å². The van der Waals surface area contributed by atoms with Gasteiger partial charge in [-0.25, -0.2) is 6.57 Å². The van der Waals surface area contributed by atoms with E-state index in [0.717, 1.165) is 11.3 Å². The zero-order valence-corrected chi connectivity index (χ0v) is 7.08. The predicted octanol–water partition coefficient (Wildman–Crippen LogP) is 2.29. The van der Waals surface area contributed by atoms with Crippen LogP contribution in [0.2, 0.25) is 0 Å². The first-order valence-electron chi connectivity index (χ1n) is 3.86. The van der Waals surface area contributed by atoms with E-state index in [4.69, 9.17) is 11.3 Å². The predicted molar refractivity (Wildman–Crippen MR) is 48.1 cm³/mol. The molecule has 1 aromatic rings. The summed E-state index contributed by atoms with van der Waals surface area (Å²) in [6, 6.07) is 7.81. The Balaban J connectivity index is 2.53. The van der Waals surface area contributed by atoms with Gasteiger partial charge < -0.3 is 9.58 Å². The molecule has 0 saturated carbocycles. The van der Waals surface area contributed by atoms with E-state index >= 15 is 0 Å². The minimum Gasteiger partial charge on any atom is -0.486 e. The Morgan fingerprint density at radius 3 is 2.83 bits per heavy atom. The Morgan fingerprint density at radius 1 is 1.42 bits per heavy atom. The molecule has 2 nitrogen and oxygen atoms in total. The standard InChI is InChI=1S/C10H11NO/c1-9-5-3-4-6-10(9)12-8-7-11-2/h3-6H,7-8H2,1H3. The van der Waals surface area contributed by atoms with Crippen LogP contribution in [0.5, 0.6) is 5.75 Å². The largest absolute Gasteiger partial charge is 0.486 e. The SMILES string of the molecule is [C-]#[N+]CCOc1ccccc1C. The van der Waals surface area contributed by atoms with E-state index in [1.807, 2.05) is 31.2 Å². The highest BCUT2D eigenvalue weighted by molar-refractivity contribution is 5.31. The van der Waals surface area contributed by atoms with Gasteiger partial charge in [-0.05, 0) is 18.6 Å². The normalized spacial score (nSPS) is 9.00. The van der Waals surface area contributed by atoms with Crippen LogP contribution in [0.1, 0.15) is 5.56 Å². The summed E-state index contributed by atoms with van der Waals surface area (Å²) >= 11 is 0. The van der Waals surface area contributed by atoms with Crippen molar-refractivity contribution in [2.45, 2.75) is 6.92 Å². The second-order valence-corrected chi connectivity index (χ2v) is 2.50. The van der Waals surface area contributed by atoms with Gasteiger partial charge in [-0.2, -0.15) is 0 Å². The van der Waals surface area contributed by atoms with Crippen LogP contribution < -0.4 is 4.74 Å². The smallest absolute Gasteiger partial charge is 0.248 e. The second-order valence-electron chi connectivity index (χ2n) is 2.50. The van der Waals surface area contributed by atoms with Gasteiger partial charge >= 0.3 is 0 Å². The molecule has 0 atom stereocenters. The summed E-state index contributed by atoms with van der Waals surface area (Å²) in [4.78, 5) is 3.21. The Morgan fingerprint density at radius 2 is 2.17 bits per heavy atom. The van der Waals surface area contributed by atoms with Gasteiger partial charge in [0, 0.05) is 0 Å². The Hall–Kier alpha value is -1.49. The van der Waals surface area contributed by atoms with Crippen LogP contribution in [0.15, 0.2) is 24.3 Å². The molecule has 0 radical (unpaired) electrons. The fourth-order valence-corrected chi connectivity index (χ4v) is 0.920. The van der Waals surface area contributed by atoms with Crippen LogP contribution in [0.3, 0.4) is 0 Å². The lowest BCUT2D eigenvalue weighted by Gasteiger charge is -2.04. The zero-order valence-electron chi connectivity index (χ0n) is 7.08. The topological polar surface area (TPSA) is 13.6 Å². The summed E-state index contributed by atoms with van der Waals surface area (Å²) < 4.78 is 5.36. The molecule has 0 heterocycles. The molecular weight excluding hydrogens is 150 g/mol. The van der Waals surface area contributed by atoms with E-state index in [9.17, 15) is 0 Å². The maximum Gasteiger partial charge on any atom is 0.248 e. The average molecular weight is 161 g/mol. The number of para-hydroxylation sites is 1. The molecule has 2 heteroatoms. The molecular formula is C10H11NO. The van der Waals surface area contributed by atoms with Crippen molar-refractivity contribution >= 4 is 0 Å². The van der Waals surface area contributed by atoms with Gasteiger partial charge in [0.2, 0.25) is 6.54 Å². The molecule has 0 aliphatic rings. The second kappa shape index (κ2) is 4.40. The number of rotatable bonds is 3. The summed E-state index contributed by atoms with van der Waals surface area (Å²) in [5, 5.41) is 0. The number of ether oxygens (including phenoxy) is 1. The van der Waals surface area contributed by atoms with E-state index in [1.165, 1.54) is 0 Å². The van der Waals surface area contributed by atoms with Crippen LogP contribution >= 0.6 is 0 Å². The van der Waals surface area contributed by atoms with Crippen molar-refractivity contribution in [2.75, 3.05) is 13.2 Å². The highest BCUT2D eigenvalue weighted by Crippen LogP contribution is 2.15. The van der Waals surface area contributed by atoms with E-state index in [2.05, 4.69) is 4.85 Å². The van der Waals surface area contributed by atoms with Crippen LogP contribution in [-0.2, 0) is 0 Å². The lowest BCUT2D eigenvalue weighted by Crippen LogP contribution is -2.00. The van der Waals surface area contributed by atoms with Gasteiger partial charge in [-0.1, -0.05) is 18.2 Å². The molecule has 1 aromatic carbocycles. The third-order valence-electron chi connectivity index (χ3n) is 1.55. The van der Waals surface area contributed by atoms with E-state index in [-0.39, 0.29) is 0 Å². The number of hydrogen-bond acceptors (Lipinski definition) is 1. The van der Waals surface area contributed by atoms with Crippen molar-refractivity contribution in [2.24, 2.45) is 0 Å². The summed E-state index contributed by atoms with van der Waals surface area (Å²) in [6.07, 6.45) is 0. The van der Waals surface area contributed by atoms with Crippen LogP contribution in [0, 0.1) is 13.5 Å². The number of benzene rings is 1. The Labute approximate surface area is 72.6 Å². The molecule has 0 bridgehead atoms. The first-order chi connectivity index (χ1) is 5.84. The van der Waals surface area contributed by atoms with Crippen LogP contribution in [0.4, 0.5) is 0 Å². The van der Waals surface area contributed by atoms with Crippen molar-refractivity contribution in [3.8, 4) is 5.75 Å². The number of aryl methyl sites for hydroxylation is 1. The molecule has 0 unspecified atom stereocenters. The van der Waals surface area contributed by atoms with Crippen molar-refractivity contribution < 1.29 is 4.74 Å². The van der Waals surface area contributed by atoms with Gasteiger partial charge in [0.25, 0.3) is 0 Å². The minimum absolute atomic E-state index is 0.425. The highest BCUT2D eigenvalue weighted by Gasteiger charge is 1.96. The minimum atomic E-state index is 0.425. The fourth-order valence-electron chi connectivity index (χ4n) is 0.920. The Kier molecular flexibility index (Phi) is 3.16.